The third kappa shape index (κ3) is 3.49. The number of aromatic hydroxyl groups is 1. The Kier molecular flexibility index (Phi) is 4.51. The van der Waals surface area contributed by atoms with Gasteiger partial charge in [0.2, 0.25) is 0 Å². The first-order valence-electron chi connectivity index (χ1n) is 5.65. The molecule has 0 spiro atoms. The van der Waals surface area contributed by atoms with Crippen LogP contribution in [0.2, 0.25) is 10.0 Å². The van der Waals surface area contributed by atoms with Crippen LogP contribution in [0, 0.1) is 0 Å². The zero-order chi connectivity index (χ0) is 12.3. The van der Waals surface area contributed by atoms with Crippen molar-refractivity contribution in [2.45, 2.75) is 25.4 Å². The van der Waals surface area contributed by atoms with Gasteiger partial charge in [-0.25, -0.2) is 0 Å². The molecule has 1 aliphatic heterocycles. The van der Waals surface area contributed by atoms with E-state index in [4.69, 9.17) is 27.9 Å². The lowest BCUT2D eigenvalue weighted by Crippen LogP contribution is -2.36. The molecule has 0 aliphatic carbocycles. The molecule has 1 unspecified atom stereocenters. The van der Waals surface area contributed by atoms with Crippen LogP contribution in [-0.4, -0.2) is 24.4 Å². The average Bonchev–Trinajstić information content (AvgIpc) is 2.33. The molecule has 1 saturated heterocycles. The Morgan fingerprint density at radius 3 is 2.94 bits per heavy atom. The molecule has 0 radical (unpaired) electrons. The van der Waals surface area contributed by atoms with Gasteiger partial charge >= 0.3 is 0 Å². The fourth-order valence-electron chi connectivity index (χ4n) is 1.91. The zero-order valence-electron chi connectivity index (χ0n) is 9.38. The molecule has 1 heterocycles. The summed E-state index contributed by atoms with van der Waals surface area (Å²) in [5, 5.41) is 13.9. The van der Waals surface area contributed by atoms with Gasteiger partial charge in [0.1, 0.15) is 5.75 Å². The highest BCUT2D eigenvalue weighted by Crippen LogP contribution is 2.31. The van der Waals surface area contributed by atoms with Gasteiger partial charge in [-0.05, 0) is 25.0 Å². The molecule has 1 aromatic carbocycles. The Hall–Kier alpha value is -0.480. The lowest BCUT2D eigenvalue weighted by Gasteiger charge is -2.23. The molecule has 0 saturated carbocycles. The maximum atomic E-state index is 9.79. The largest absolute Gasteiger partial charge is 0.506 e. The molecule has 1 aromatic rings. The number of phenolic OH excluding ortho intramolecular Hbond substituents is 1. The van der Waals surface area contributed by atoms with Gasteiger partial charge in [-0.2, -0.15) is 0 Å². The van der Waals surface area contributed by atoms with E-state index in [1.807, 2.05) is 0 Å². The third-order valence-corrected chi connectivity index (χ3v) is 3.35. The van der Waals surface area contributed by atoms with Gasteiger partial charge < -0.3 is 15.2 Å². The van der Waals surface area contributed by atoms with Crippen LogP contribution in [0.4, 0.5) is 0 Å². The second kappa shape index (κ2) is 5.91. The van der Waals surface area contributed by atoms with E-state index < -0.39 is 0 Å². The predicted molar refractivity (Wildman–Crippen MR) is 68.8 cm³/mol. The zero-order valence-corrected chi connectivity index (χ0v) is 10.9. The van der Waals surface area contributed by atoms with Crippen molar-refractivity contribution in [3.05, 3.63) is 27.7 Å². The second-order valence-electron chi connectivity index (χ2n) is 4.19. The first-order chi connectivity index (χ1) is 8.16. The van der Waals surface area contributed by atoms with Crippen molar-refractivity contribution in [1.29, 1.82) is 0 Å². The predicted octanol–water partition coefficient (Wildman–Crippen LogP) is 2.97. The van der Waals surface area contributed by atoms with Gasteiger partial charge in [0.15, 0.2) is 0 Å². The Morgan fingerprint density at radius 1 is 1.41 bits per heavy atom. The minimum Gasteiger partial charge on any atom is -0.506 e. The van der Waals surface area contributed by atoms with E-state index in [2.05, 4.69) is 5.32 Å². The highest BCUT2D eigenvalue weighted by atomic mass is 35.5. The standard InChI is InChI=1S/C12H15Cl2NO2/c13-9-4-8(12(16)11(14)5-9)6-15-10-2-1-3-17-7-10/h4-5,10,15-16H,1-3,6-7H2. The first-order valence-corrected chi connectivity index (χ1v) is 6.40. The van der Waals surface area contributed by atoms with Crippen molar-refractivity contribution in [2.24, 2.45) is 0 Å². The van der Waals surface area contributed by atoms with Crippen molar-refractivity contribution in [1.82, 2.24) is 5.32 Å². The molecule has 94 valence electrons. The van der Waals surface area contributed by atoms with E-state index >= 15 is 0 Å². The fourth-order valence-corrected chi connectivity index (χ4v) is 2.45. The normalized spacial score (nSPS) is 20.5. The number of phenols is 1. The van der Waals surface area contributed by atoms with Crippen molar-refractivity contribution >= 4 is 23.2 Å². The topological polar surface area (TPSA) is 41.5 Å². The highest BCUT2D eigenvalue weighted by Gasteiger charge is 2.14. The summed E-state index contributed by atoms with van der Waals surface area (Å²) < 4.78 is 5.37. The first kappa shape index (κ1) is 13.0. The monoisotopic (exact) mass is 275 g/mol. The summed E-state index contributed by atoms with van der Waals surface area (Å²) in [4.78, 5) is 0. The summed E-state index contributed by atoms with van der Waals surface area (Å²) in [6.07, 6.45) is 2.16. The van der Waals surface area contributed by atoms with Crippen molar-refractivity contribution in [3.8, 4) is 5.75 Å². The number of ether oxygens (including phenoxy) is 1. The summed E-state index contributed by atoms with van der Waals surface area (Å²) in [5.41, 5.74) is 0.716. The molecule has 17 heavy (non-hydrogen) atoms. The van der Waals surface area contributed by atoms with E-state index in [1.54, 1.807) is 6.07 Å². The maximum absolute atomic E-state index is 9.79. The summed E-state index contributed by atoms with van der Waals surface area (Å²) in [7, 11) is 0. The Labute approximate surface area is 111 Å². The Bertz CT molecular complexity index is 392. The maximum Gasteiger partial charge on any atom is 0.138 e. The number of halogens is 2. The van der Waals surface area contributed by atoms with Gasteiger partial charge in [-0.1, -0.05) is 23.2 Å². The summed E-state index contributed by atoms with van der Waals surface area (Å²) in [5.74, 6) is 0.0975. The SMILES string of the molecule is Oc1c(Cl)cc(Cl)cc1CNC1CCCOC1. The molecule has 0 aromatic heterocycles. The molecular weight excluding hydrogens is 261 g/mol. The van der Waals surface area contributed by atoms with Crippen molar-refractivity contribution in [2.75, 3.05) is 13.2 Å². The number of rotatable bonds is 3. The van der Waals surface area contributed by atoms with Gasteiger partial charge in [0.25, 0.3) is 0 Å². The molecule has 0 bridgehead atoms. The second-order valence-corrected chi connectivity index (χ2v) is 5.03. The van der Waals surface area contributed by atoms with E-state index in [0.717, 1.165) is 26.1 Å². The molecule has 3 nitrogen and oxygen atoms in total. The van der Waals surface area contributed by atoms with Crippen LogP contribution >= 0.6 is 23.2 Å². The number of nitrogens with one attached hydrogen (secondary N) is 1. The van der Waals surface area contributed by atoms with Crippen LogP contribution in [0.3, 0.4) is 0 Å². The molecule has 5 heteroatoms. The van der Waals surface area contributed by atoms with Gasteiger partial charge in [-0.15, -0.1) is 0 Å². The summed E-state index contributed by atoms with van der Waals surface area (Å²) in [6.45, 7) is 2.10. The Balaban J connectivity index is 1.98. The molecule has 2 rings (SSSR count). The van der Waals surface area contributed by atoms with Crippen molar-refractivity contribution < 1.29 is 9.84 Å². The van der Waals surface area contributed by atoms with Crippen LogP contribution < -0.4 is 5.32 Å². The number of benzene rings is 1. The smallest absolute Gasteiger partial charge is 0.138 e. The average molecular weight is 276 g/mol. The lowest BCUT2D eigenvalue weighted by atomic mass is 10.1. The Morgan fingerprint density at radius 2 is 2.24 bits per heavy atom. The molecule has 2 N–H and O–H groups in total. The minimum atomic E-state index is 0.0975. The van der Waals surface area contributed by atoms with Gasteiger partial charge in [0, 0.05) is 29.8 Å². The summed E-state index contributed by atoms with van der Waals surface area (Å²) in [6, 6.07) is 3.59. The summed E-state index contributed by atoms with van der Waals surface area (Å²) >= 11 is 11.7. The third-order valence-electron chi connectivity index (χ3n) is 2.85. The van der Waals surface area contributed by atoms with E-state index in [0.29, 0.717) is 23.2 Å². The van der Waals surface area contributed by atoms with E-state index in [1.165, 1.54) is 6.07 Å². The van der Waals surface area contributed by atoms with Crippen LogP contribution in [0.25, 0.3) is 0 Å². The molecule has 1 fully saturated rings. The molecular formula is C12H15Cl2NO2. The number of hydrogen-bond acceptors (Lipinski definition) is 3. The fraction of sp³-hybridized carbons (Fsp3) is 0.500. The molecule has 1 atom stereocenters. The van der Waals surface area contributed by atoms with Crippen LogP contribution in [0.15, 0.2) is 12.1 Å². The molecule has 0 amide bonds. The van der Waals surface area contributed by atoms with Crippen LogP contribution in [-0.2, 0) is 11.3 Å². The van der Waals surface area contributed by atoms with Crippen LogP contribution in [0.1, 0.15) is 18.4 Å². The number of hydrogen-bond donors (Lipinski definition) is 2. The van der Waals surface area contributed by atoms with Crippen LogP contribution in [0.5, 0.6) is 5.75 Å². The van der Waals surface area contributed by atoms with E-state index in [-0.39, 0.29) is 10.8 Å². The lowest BCUT2D eigenvalue weighted by molar-refractivity contribution is 0.0699. The highest BCUT2D eigenvalue weighted by molar-refractivity contribution is 6.35. The quantitative estimate of drug-likeness (QED) is 0.891. The van der Waals surface area contributed by atoms with Gasteiger partial charge in [-0.3, -0.25) is 0 Å². The molecule has 1 aliphatic rings. The minimum absolute atomic E-state index is 0.0975. The van der Waals surface area contributed by atoms with E-state index in [9.17, 15) is 5.11 Å². The van der Waals surface area contributed by atoms with Crippen molar-refractivity contribution in [3.63, 3.8) is 0 Å². The van der Waals surface area contributed by atoms with Gasteiger partial charge in [0.05, 0.1) is 11.6 Å².